The fourth-order valence-electron chi connectivity index (χ4n) is 5.36. The number of carbonyl (C=O) groups is 4. The predicted octanol–water partition coefficient (Wildman–Crippen LogP) is 3.58. The molecule has 12 heteroatoms. The van der Waals surface area contributed by atoms with E-state index in [0.717, 1.165) is 31.2 Å². The zero-order valence-electron chi connectivity index (χ0n) is 23.4. The van der Waals surface area contributed by atoms with Crippen LogP contribution in [0, 0.1) is 6.92 Å². The third-order valence-electron chi connectivity index (χ3n) is 7.52. The van der Waals surface area contributed by atoms with Crippen molar-refractivity contribution in [3.8, 4) is 11.5 Å². The van der Waals surface area contributed by atoms with Crippen LogP contribution < -0.4 is 20.5 Å². The molecule has 220 valence electrons. The average molecular weight is 632 g/mol. The molecule has 1 saturated carbocycles. The number of aromatic nitrogens is 1. The zero-order chi connectivity index (χ0) is 29.8. The molecule has 3 atom stereocenters. The summed E-state index contributed by atoms with van der Waals surface area (Å²) in [4.78, 5) is 57.0. The number of Topliss-reactive ketones (excluding diaryl/α,β-unsaturated/α-hetero) is 1. The number of nitrogens with one attached hydrogen (secondary N) is 1. The summed E-state index contributed by atoms with van der Waals surface area (Å²) in [5.41, 5.74) is 7.55. The Bertz CT molecular complexity index is 1370. The average Bonchev–Trinajstić information content (AvgIpc) is 3.61. The van der Waals surface area contributed by atoms with Crippen LogP contribution in [0.15, 0.2) is 30.4 Å². The van der Waals surface area contributed by atoms with E-state index in [1.807, 2.05) is 6.92 Å². The highest BCUT2D eigenvalue weighted by Gasteiger charge is 2.43. The van der Waals surface area contributed by atoms with Crippen molar-refractivity contribution < 1.29 is 33.4 Å². The molecule has 1 saturated heterocycles. The van der Waals surface area contributed by atoms with Crippen LogP contribution in [0.4, 0.5) is 4.79 Å². The van der Waals surface area contributed by atoms with Crippen molar-refractivity contribution in [2.24, 2.45) is 5.73 Å². The number of alkyl carbamates (subject to hydrolysis) is 1. The van der Waals surface area contributed by atoms with Crippen LogP contribution in [-0.4, -0.2) is 76.9 Å². The molecule has 0 spiro atoms. The maximum atomic E-state index is 13.6. The maximum Gasteiger partial charge on any atom is 0.408 e. The van der Waals surface area contributed by atoms with Crippen LogP contribution in [0.1, 0.15) is 55.1 Å². The minimum atomic E-state index is -1.11. The summed E-state index contributed by atoms with van der Waals surface area (Å²) in [6.45, 7) is 7.34. The molecule has 0 bridgehead atoms. The number of ketones is 1. The Balaban J connectivity index is 1.59. The van der Waals surface area contributed by atoms with Crippen molar-refractivity contribution in [1.29, 1.82) is 0 Å². The Morgan fingerprint density at radius 3 is 2.51 bits per heavy atom. The van der Waals surface area contributed by atoms with E-state index in [-0.39, 0.29) is 35.9 Å². The number of amides is 3. The van der Waals surface area contributed by atoms with Crippen LogP contribution in [0.3, 0.4) is 0 Å². The molecule has 0 unspecified atom stereocenters. The smallest absolute Gasteiger partial charge is 0.408 e. The number of alkyl halides is 1. The number of fused-ring (bicyclic) bond motifs is 1. The molecule has 2 aromatic rings. The summed E-state index contributed by atoms with van der Waals surface area (Å²) in [5.74, 6) is -0.491. The first-order valence-corrected chi connectivity index (χ1v) is 14.6. The molecule has 4 rings (SSSR count). The second-order valence-electron chi connectivity index (χ2n) is 10.5. The second-order valence-corrected chi connectivity index (χ2v) is 11.0. The molecule has 3 N–H and O–H groups in total. The van der Waals surface area contributed by atoms with E-state index in [1.165, 1.54) is 4.90 Å². The molecule has 0 radical (unpaired) electrons. The second kappa shape index (κ2) is 12.9. The van der Waals surface area contributed by atoms with Crippen molar-refractivity contribution >= 4 is 50.5 Å². The van der Waals surface area contributed by atoms with Crippen LogP contribution in [0.5, 0.6) is 11.5 Å². The van der Waals surface area contributed by atoms with Crippen LogP contribution in [-0.2, 0) is 14.3 Å². The highest BCUT2D eigenvalue weighted by molar-refractivity contribution is 9.09. The van der Waals surface area contributed by atoms with E-state index < -0.39 is 36.1 Å². The van der Waals surface area contributed by atoms with Gasteiger partial charge < -0.3 is 30.2 Å². The fourth-order valence-corrected chi connectivity index (χ4v) is 5.64. The Morgan fingerprint density at radius 1 is 1.20 bits per heavy atom. The number of hydrogen-bond donors (Lipinski definition) is 2. The van der Waals surface area contributed by atoms with Crippen molar-refractivity contribution in [3.63, 3.8) is 0 Å². The van der Waals surface area contributed by atoms with Gasteiger partial charge in [-0.15, -0.1) is 0 Å². The van der Waals surface area contributed by atoms with Gasteiger partial charge in [0, 0.05) is 23.4 Å². The SMILES string of the molecule is C=C(C)[C@H](NC(=O)OC1CCCC1)C(=O)N1C[C@H](Oc2cc(C(=O)CBr)nc3c(C)c(OC)ccc23)C[C@H]1C(N)=O. The summed E-state index contributed by atoms with van der Waals surface area (Å²) in [5, 5.41) is 3.32. The van der Waals surface area contributed by atoms with E-state index in [0.29, 0.717) is 28.0 Å². The van der Waals surface area contributed by atoms with Gasteiger partial charge in [-0.25, -0.2) is 9.78 Å². The number of aryl methyl sites for hydroxylation is 1. The van der Waals surface area contributed by atoms with Gasteiger partial charge in [-0.1, -0.05) is 22.5 Å². The Labute approximate surface area is 246 Å². The standard InChI is InChI=1S/C29H35BrN4O7/c1-15(2)25(33-29(38)41-17-7-5-6-8-17)28(37)34-14-18(11-21(34)27(31)36)40-24-12-20(22(35)13-30)32-26-16(3)23(39-4)10-9-19(24)26/h9-10,12,17-18,21,25H,1,5-8,11,13-14H2,2-4H3,(H2,31,36)(H,33,38)/t18-,21+,25+/m1/s1. The topological polar surface area (TPSA) is 150 Å². The number of nitrogens with zero attached hydrogens (tertiary/aromatic N) is 2. The molecule has 1 aliphatic carbocycles. The first-order chi connectivity index (χ1) is 19.5. The Morgan fingerprint density at radius 2 is 1.90 bits per heavy atom. The highest BCUT2D eigenvalue weighted by atomic mass is 79.9. The third kappa shape index (κ3) is 6.64. The van der Waals surface area contributed by atoms with Gasteiger partial charge in [-0.05, 0) is 57.2 Å². The molecular formula is C29H35BrN4O7. The molecule has 2 heterocycles. The van der Waals surface area contributed by atoms with Crippen LogP contribution in [0.25, 0.3) is 10.9 Å². The third-order valence-corrected chi connectivity index (χ3v) is 8.03. The predicted molar refractivity (Wildman–Crippen MR) is 155 cm³/mol. The lowest BCUT2D eigenvalue weighted by Crippen LogP contribution is -2.53. The van der Waals surface area contributed by atoms with Gasteiger partial charge in [0.1, 0.15) is 41.5 Å². The number of benzene rings is 1. The number of pyridine rings is 1. The maximum absolute atomic E-state index is 13.6. The van der Waals surface area contributed by atoms with E-state index in [4.69, 9.17) is 19.9 Å². The number of rotatable bonds is 10. The number of hydrogen-bond acceptors (Lipinski definition) is 8. The molecule has 1 aromatic heterocycles. The highest BCUT2D eigenvalue weighted by Crippen LogP contribution is 2.35. The van der Waals surface area contributed by atoms with E-state index in [2.05, 4.69) is 32.8 Å². The minimum Gasteiger partial charge on any atom is -0.496 e. The summed E-state index contributed by atoms with van der Waals surface area (Å²) in [6.07, 6.45) is 2.14. The molecular weight excluding hydrogens is 596 g/mol. The van der Waals surface area contributed by atoms with Crippen molar-refractivity contribution in [3.05, 3.63) is 41.6 Å². The van der Waals surface area contributed by atoms with E-state index >= 15 is 0 Å². The minimum absolute atomic E-state index is 0.0241. The number of ether oxygens (including phenoxy) is 3. The molecule has 1 aliphatic heterocycles. The van der Waals surface area contributed by atoms with Gasteiger partial charge in [0.05, 0.1) is 24.5 Å². The molecule has 41 heavy (non-hydrogen) atoms. The Kier molecular flexibility index (Phi) is 9.52. The number of nitrogens with two attached hydrogens (primary N) is 1. The summed E-state index contributed by atoms with van der Waals surface area (Å²) < 4.78 is 17.2. The lowest BCUT2D eigenvalue weighted by molar-refractivity contribution is -0.138. The van der Waals surface area contributed by atoms with E-state index in [1.54, 1.807) is 32.2 Å². The van der Waals surface area contributed by atoms with Gasteiger partial charge in [-0.3, -0.25) is 14.4 Å². The molecule has 2 aliphatic rings. The van der Waals surface area contributed by atoms with Crippen molar-refractivity contribution in [2.75, 3.05) is 19.0 Å². The quantitative estimate of drug-likeness (QED) is 0.230. The van der Waals surface area contributed by atoms with Crippen LogP contribution >= 0.6 is 15.9 Å². The van der Waals surface area contributed by atoms with Crippen molar-refractivity contribution in [1.82, 2.24) is 15.2 Å². The first-order valence-electron chi connectivity index (χ1n) is 13.5. The number of halogens is 1. The van der Waals surface area contributed by atoms with E-state index in [9.17, 15) is 19.2 Å². The number of likely N-dealkylation sites (tertiary alicyclic amines) is 1. The molecule has 2 fully saturated rings. The molecule has 3 amide bonds. The number of primary amides is 1. The molecule has 11 nitrogen and oxygen atoms in total. The Hall–Kier alpha value is -3.67. The first kappa shape index (κ1) is 30.3. The largest absolute Gasteiger partial charge is 0.496 e. The summed E-state index contributed by atoms with van der Waals surface area (Å²) >= 11 is 3.19. The number of methoxy groups -OCH3 is 1. The van der Waals surface area contributed by atoms with Gasteiger partial charge >= 0.3 is 6.09 Å². The van der Waals surface area contributed by atoms with Gasteiger partial charge in [-0.2, -0.15) is 0 Å². The van der Waals surface area contributed by atoms with Crippen molar-refractivity contribution in [2.45, 2.75) is 70.2 Å². The summed E-state index contributed by atoms with van der Waals surface area (Å²) in [6, 6.07) is 3.04. The van der Waals surface area contributed by atoms with Gasteiger partial charge in [0.25, 0.3) is 0 Å². The lowest BCUT2D eigenvalue weighted by atomic mass is 10.1. The lowest BCUT2D eigenvalue weighted by Gasteiger charge is -2.28. The van der Waals surface area contributed by atoms with Gasteiger partial charge in [0.15, 0.2) is 5.78 Å². The summed E-state index contributed by atoms with van der Waals surface area (Å²) in [7, 11) is 1.55. The fraction of sp³-hybridized carbons (Fsp3) is 0.483. The van der Waals surface area contributed by atoms with Crippen LogP contribution in [0.2, 0.25) is 0 Å². The number of carbonyl (C=O) groups excluding carboxylic acids is 4. The zero-order valence-corrected chi connectivity index (χ0v) is 25.0. The van der Waals surface area contributed by atoms with Gasteiger partial charge in [0.2, 0.25) is 11.8 Å². The molecule has 1 aromatic carbocycles. The normalized spacial score (nSPS) is 19.6. The monoisotopic (exact) mass is 630 g/mol.